The summed E-state index contributed by atoms with van der Waals surface area (Å²) < 4.78 is 2.09. The third kappa shape index (κ3) is 1.85. The van der Waals surface area contributed by atoms with Crippen molar-refractivity contribution in [1.29, 1.82) is 0 Å². The smallest absolute Gasteiger partial charge is 0.194 e. The van der Waals surface area contributed by atoms with Crippen molar-refractivity contribution >= 4 is 16.3 Å². The molecule has 3 aromatic rings. The first-order chi connectivity index (χ1) is 8.38. The molecule has 4 heteroatoms. The summed E-state index contributed by atoms with van der Waals surface area (Å²) in [6.45, 7) is 0.144. The number of aliphatic hydroxyl groups excluding tert-OH is 1. The average molecular weight is 244 g/mol. The number of fused-ring (bicyclic) bond motifs is 1. The van der Waals surface area contributed by atoms with Gasteiger partial charge in [0.15, 0.2) is 4.96 Å². The molecule has 17 heavy (non-hydrogen) atoms. The van der Waals surface area contributed by atoms with Crippen molar-refractivity contribution < 1.29 is 5.11 Å². The molecule has 1 N–H and O–H groups in total. The van der Waals surface area contributed by atoms with E-state index in [0.717, 1.165) is 16.3 Å². The third-order valence-electron chi connectivity index (χ3n) is 2.70. The van der Waals surface area contributed by atoms with Crippen LogP contribution in [0.5, 0.6) is 0 Å². The second kappa shape index (κ2) is 4.31. The molecule has 3 rings (SSSR count). The Morgan fingerprint density at radius 2 is 2.06 bits per heavy atom. The monoisotopic (exact) mass is 244 g/mol. The molecule has 86 valence electrons. The maximum absolute atomic E-state index is 8.92. The van der Waals surface area contributed by atoms with Crippen LogP contribution in [-0.4, -0.2) is 21.1 Å². The van der Waals surface area contributed by atoms with Gasteiger partial charge in [0.1, 0.15) is 0 Å². The number of hydrogen-bond donors (Lipinski definition) is 1. The summed E-state index contributed by atoms with van der Waals surface area (Å²) in [4.78, 5) is 5.45. The van der Waals surface area contributed by atoms with Gasteiger partial charge in [-0.2, -0.15) is 0 Å². The zero-order chi connectivity index (χ0) is 11.7. The van der Waals surface area contributed by atoms with E-state index >= 15 is 0 Å². The van der Waals surface area contributed by atoms with Crippen molar-refractivity contribution in [3.8, 4) is 11.3 Å². The number of rotatable bonds is 3. The predicted octanol–water partition coefficient (Wildman–Crippen LogP) is 2.60. The molecular weight excluding hydrogens is 232 g/mol. The second-order valence-electron chi connectivity index (χ2n) is 3.85. The van der Waals surface area contributed by atoms with Crippen molar-refractivity contribution in [3.05, 3.63) is 47.6 Å². The Bertz CT molecular complexity index is 627. The summed E-state index contributed by atoms with van der Waals surface area (Å²) in [6.07, 6.45) is 2.62. The summed E-state index contributed by atoms with van der Waals surface area (Å²) in [5.74, 6) is 0. The summed E-state index contributed by atoms with van der Waals surface area (Å²) in [5.41, 5.74) is 3.28. The predicted molar refractivity (Wildman–Crippen MR) is 69.3 cm³/mol. The molecule has 0 spiro atoms. The Morgan fingerprint density at radius 3 is 2.82 bits per heavy atom. The fourth-order valence-electron chi connectivity index (χ4n) is 1.88. The maximum Gasteiger partial charge on any atom is 0.194 e. The van der Waals surface area contributed by atoms with Crippen LogP contribution in [0, 0.1) is 0 Å². The molecule has 2 aromatic heterocycles. The fraction of sp³-hybridized carbons (Fsp3) is 0.154. The molecule has 1 aromatic carbocycles. The summed E-state index contributed by atoms with van der Waals surface area (Å²) >= 11 is 1.63. The number of thiazole rings is 1. The Balaban J connectivity index is 2.11. The van der Waals surface area contributed by atoms with E-state index in [1.807, 2.05) is 24.4 Å². The molecule has 0 amide bonds. The van der Waals surface area contributed by atoms with E-state index in [9.17, 15) is 0 Å². The molecule has 0 fully saturated rings. The number of aromatic nitrogens is 2. The van der Waals surface area contributed by atoms with Gasteiger partial charge in [0.2, 0.25) is 0 Å². The minimum absolute atomic E-state index is 0.144. The van der Waals surface area contributed by atoms with Crippen LogP contribution in [-0.2, 0) is 6.42 Å². The molecule has 0 unspecified atom stereocenters. The molecule has 0 radical (unpaired) electrons. The van der Waals surface area contributed by atoms with Crippen LogP contribution in [0.3, 0.4) is 0 Å². The molecule has 0 atom stereocenters. The van der Waals surface area contributed by atoms with Crippen molar-refractivity contribution in [2.45, 2.75) is 6.42 Å². The highest BCUT2D eigenvalue weighted by molar-refractivity contribution is 7.15. The Labute approximate surface area is 103 Å². The van der Waals surface area contributed by atoms with E-state index in [-0.39, 0.29) is 6.61 Å². The lowest BCUT2D eigenvalue weighted by molar-refractivity contribution is 0.298. The van der Waals surface area contributed by atoms with Gasteiger partial charge >= 0.3 is 0 Å². The highest BCUT2D eigenvalue weighted by Crippen LogP contribution is 2.26. The van der Waals surface area contributed by atoms with Crippen LogP contribution < -0.4 is 0 Å². The average Bonchev–Trinajstić information content (AvgIpc) is 2.90. The van der Waals surface area contributed by atoms with E-state index < -0.39 is 0 Å². The van der Waals surface area contributed by atoms with Gasteiger partial charge in [-0.05, 0) is 5.56 Å². The number of benzene rings is 1. The third-order valence-corrected chi connectivity index (χ3v) is 3.54. The van der Waals surface area contributed by atoms with Gasteiger partial charge < -0.3 is 5.11 Å². The van der Waals surface area contributed by atoms with Gasteiger partial charge in [-0.15, -0.1) is 11.3 Å². The van der Waals surface area contributed by atoms with Gasteiger partial charge in [0.05, 0.1) is 11.4 Å². The normalized spacial score (nSPS) is 11.1. The van der Waals surface area contributed by atoms with E-state index in [0.29, 0.717) is 6.42 Å². The van der Waals surface area contributed by atoms with Crippen LogP contribution in [0.2, 0.25) is 0 Å². The molecule has 2 heterocycles. The molecule has 0 aliphatic rings. The Kier molecular flexibility index (Phi) is 2.66. The summed E-state index contributed by atoms with van der Waals surface area (Å²) in [7, 11) is 0. The quantitative estimate of drug-likeness (QED) is 0.769. The minimum atomic E-state index is 0.144. The van der Waals surface area contributed by atoms with Crippen LogP contribution in [0.1, 0.15) is 5.69 Å². The largest absolute Gasteiger partial charge is 0.396 e. The zero-order valence-corrected chi connectivity index (χ0v) is 10.0. The van der Waals surface area contributed by atoms with Gasteiger partial charge in [0.25, 0.3) is 0 Å². The van der Waals surface area contributed by atoms with E-state index in [2.05, 4.69) is 26.9 Å². The maximum atomic E-state index is 8.92. The molecular formula is C13H12N2OS. The van der Waals surface area contributed by atoms with Gasteiger partial charge in [-0.1, -0.05) is 30.3 Å². The SMILES string of the molecule is OCCc1cn2c(-c3ccccc3)csc2n1. The van der Waals surface area contributed by atoms with Crippen LogP contribution >= 0.6 is 11.3 Å². The standard InChI is InChI=1S/C13H12N2OS/c16-7-6-11-8-15-12(9-17-13(15)14-11)10-4-2-1-3-5-10/h1-5,8-9,16H,6-7H2. The van der Waals surface area contributed by atoms with Gasteiger partial charge in [-0.3, -0.25) is 4.40 Å². The minimum Gasteiger partial charge on any atom is -0.396 e. The highest BCUT2D eigenvalue weighted by Gasteiger charge is 2.08. The van der Waals surface area contributed by atoms with Crippen molar-refractivity contribution in [2.24, 2.45) is 0 Å². The number of hydrogen-bond acceptors (Lipinski definition) is 3. The van der Waals surface area contributed by atoms with Crippen LogP contribution in [0.4, 0.5) is 0 Å². The first kappa shape index (κ1) is 10.5. The highest BCUT2D eigenvalue weighted by atomic mass is 32.1. The number of imidazole rings is 1. The van der Waals surface area contributed by atoms with Crippen molar-refractivity contribution in [1.82, 2.24) is 9.38 Å². The molecule has 0 saturated carbocycles. The Hall–Kier alpha value is -1.65. The zero-order valence-electron chi connectivity index (χ0n) is 9.21. The van der Waals surface area contributed by atoms with Crippen molar-refractivity contribution in [3.63, 3.8) is 0 Å². The lowest BCUT2D eigenvalue weighted by atomic mass is 10.2. The molecule has 0 aliphatic carbocycles. The van der Waals surface area contributed by atoms with Crippen LogP contribution in [0.15, 0.2) is 41.9 Å². The van der Waals surface area contributed by atoms with E-state index in [1.54, 1.807) is 11.3 Å². The van der Waals surface area contributed by atoms with E-state index in [4.69, 9.17) is 5.11 Å². The van der Waals surface area contributed by atoms with Crippen LogP contribution in [0.25, 0.3) is 16.2 Å². The lowest BCUT2D eigenvalue weighted by Gasteiger charge is -1.98. The molecule has 0 bridgehead atoms. The Morgan fingerprint density at radius 1 is 1.24 bits per heavy atom. The molecule has 0 aliphatic heterocycles. The second-order valence-corrected chi connectivity index (χ2v) is 4.68. The van der Waals surface area contributed by atoms with Gasteiger partial charge in [-0.25, -0.2) is 4.98 Å². The topological polar surface area (TPSA) is 37.5 Å². The summed E-state index contributed by atoms with van der Waals surface area (Å²) in [6, 6.07) is 10.3. The summed E-state index contributed by atoms with van der Waals surface area (Å²) in [5, 5.41) is 11.0. The number of nitrogens with zero attached hydrogens (tertiary/aromatic N) is 2. The first-order valence-corrected chi connectivity index (χ1v) is 6.38. The van der Waals surface area contributed by atoms with Crippen molar-refractivity contribution in [2.75, 3.05) is 6.61 Å². The van der Waals surface area contributed by atoms with E-state index in [1.165, 1.54) is 5.56 Å². The molecule has 3 nitrogen and oxygen atoms in total. The fourth-order valence-corrected chi connectivity index (χ4v) is 2.78. The first-order valence-electron chi connectivity index (χ1n) is 5.50. The number of aliphatic hydroxyl groups is 1. The lowest BCUT2D eigenvalue weighted by Crippen LogP contribution is -1.89. The van der Waals surface area contributed by atoms with Gasteiger partial charge in [0, 0.05) is 24.6 Å². The molecule has 0 saturated heterocycles.